The van der Waals surface area contributed by atoms with Crippen LogP contribution in [0.15, 0.2) is 66.7 Å². The second kappa shape index (κ2) is 11.3. The summed E-state index contributed by atoms with van der Waals surface area (Å²) in [7, 11) is 0. The number of amides is 1. The molecule has 0 aromatic heterocycles. The highest BCUT2D eigenvalue weighted by Gasteiger charge is 2.14. The lowest BCUT2D eigenvalue weighted by atomic mass is 10.0. The number of nitrogens with one attached hydrogen (secondary N) is 1. The number of hydrogen-bond acceptors (Lipinski definition) is 5. The molecule has 2 aromatic rings. The van der Waals surface area contributed by atoms with Gasteiger partial charge in [-0.2, -0.15) is 0 Å². The van der Waals surface area contributed by atoms with Crippen molar-refractivity contribution in [3.8, 4) is 5.75 Å². The summed E-state index contributed by atoms with van der Waals surface area (Å²) in [5.41, 5.74) is 1.02. The van der Waals surface area contributed by atoms with Crippen LogP contribution in [0.4, 0.5) is 0 Å². The monoisotopic (exact) mass is 381 g/mol. The minimum Gasteiger partial charge on any atom is -0.492 e. The zero-order valence-corrected chi connectivity index (χ0v) is 15.7. The van der Waals surface area contributed by atoms with Gasteiger partial charge in [0.2, 0.25) is 5.91 Å². The summed E-state index contributed by atoms with van der Waals surface area (Å²) in [5.74, 6) is -0.373. The third kappa shape index (κ3) is 6.72. The molecule has 0 saturated heterocycles. The number of allylic oxidation sites excluding steroid dienone is 1. The molecule has 1 amide bonds. The van der Waals surface area contributed by atoms with Crippen LogP contribution in [0.25, 0.3) is 0 Å². The van der Waals surface area contributed by atoms with Crippen molar-refractivity contribution < 1.29 is 23.9 Å². The van der Waals surface area contributed by atoms with Crippen molar-refractivity contribution in [3.63, 3.8) is 0 Å². The van der Waals surface area contributed by atoms with E-state index in [1.165, 1.54) is 6.08 Å². The summed E-state index contributed by atoms with van der Waals surface area (Å²) in [6.45, 7) is 2.17. The number of carbonyl (C=O) groups is 3. The first-order chi connectivity index (χ1) is 13.6. The van der Waals surface area contributed by atoms with Gasteiger partial charge < -0.3 is 14.8 Å². The Morgan fingerprint density at radius 1 is 0.964 bits per heavy atom. The van der Waals surface area contributed by atoms with Gasteiger partial charge in [-0.05, 0) is 19.1 Å². The summed E-state index contributed by atoms with van der Waals surface area (Å²) in [6.07, 6.45) is 3.01. The van der Waals surface area contributed by atoms with Gasteiger partial charge in [-0.1, -0.05) is 48.5 Å². The molecule has 0 saturated carbocycles. The van der Waals surface area contributed by atoms with Gasteiger partial charge in [0.05, 0.1) is 25.1 Å². The Labute approximate surface area is 164 Å². The minimum absolute atomic E-state index is 0.101. The fourth-order valence-corrected chi connectivity index (χ4v) is 2.39. The standard InChI is InChI=1S/C22H23NO5/c1-2-8-21(25)28-16-14-23-20(24)13-15-27-19-12-7-6-11-18(19)22(26)17-9-4-3-5-10-17/h2-12H,13-16H2,1H3,(H,23,24). The molecule has 0 atom stereocenters. The fraction of sp³-hybridized carbons (Fsp3) is 0.227. The van der Waals surface area contributed by atoms with Crippen molar-refractivity contribution >= 4 is 17.7 Å². The first kappa shape index (κ1) is 20.9. The number of ether oxygens (including phenoxy) is 2. The summed E-state index contributed by atoms with van der Waals surface area (Å²) >= 11 is 0. The predicted molar refractivity (Wildman–Crippen MR) is 105 cm³/mol. The van der Waals surface area contributed by atoms with Crippen LogP contribution < -0.4 is 10.1 Å². The van der Waals surface area contributed by atoms with Crippen LogP contribution in [-0.4, -0.2) is 37.4 Å². The Bertz CT molecular complexity index is 830. The van der Waals surface area contributed by atoms with E-state index >= 15 is 0 Å². The van der Waals surface area contributed by atoms with E-state index < -0.39 is 5.97 Å². The zero-order chi connectivity index (χ0) is 20.2. The van der Waals surface area contributed by atoms with Crippen molar-refractivity contribution in [1.29, 1.82) is 0 Å². The van der Waals surface area contributed by atoms with Crippen molar-refractivity contribution in [2.45, 2.75) is 13.3 Å². The van der Waals surface area contributed by atoms with Gasteiger partial charge in [-0.3, -0.25) is 9.59 Å². The maximum Gasteiger partial charge on any atom is 0.330 e. The highest BCUT2D eigenvalue weighted by atomic mass is 16.5. The van der Waals surface area contributed by atoms with E-state index in [0.717, 1.165) is 0 Å². The molecule has 0 radical (unpaired) electrons. The summed E-state index contributed by atoms with van der Waals surface area (Å²) in [5, 5.41) is 2.64. The normalized spacial score (nSPS) is 10.5. The Morgan fingerprint density at radius 3 is 2.43 bits per heavy atom. The lowest BCUT2D eigenvalue weighted by Crippen LogP contribution is -2.29. The quantitative estimate of drug-likeness (QED) is 0.296. The van der Waals surface area contributed by atoms with Gasteiger partial charge >= 0.3 is 5.97 Å². The van der Waals surface area contributed by atoms with E-state index in [1.54, 1.807) is 61.5 Å². The Hall–Kier alpha value is -3.41. The average Bonchev–Trinajstić information content (AvgIpc) is 2.72. The zero-order valence-electron chi connectivity index (χ0n) is 15.7. The summed E-state index contributed by atoms with van der Waals surface area (Å²) < 4.78 is 10.5. The van der Waals surface area contributed by atoms with Gasteiger partial charge in [0.1, 0.15) is 12.4 Å². The van der Waals surface area contributed by atoms with E-state index in [9.17, 15) is 14.4 Å². The third-order valence-electron chi connectivity index (χ3n) is 3.73. The average molecular weight is 381 g/mol. The van der Waals surface area contributed by atoms with Gasteiger partial charge in [-0.25, -0.2) is 4.79 Å². The van der Waals surface area contributed by atoms with Crippen LogP contribution in [0.1, 0.15) is 29.3 Å². The van der Waals surface area contributed by atoms with Crippen molar-refractivity contribution in [3.05, 3.63) is 77.9 Å². The molecule has 2 aromatic carbocycles. The Balaban J connectivity index is 1.79. The molecule has 0 aliphatic rings. The minimum atomic E-state index is -0.445. The maximum atomic E-state index is 12.6. The van der Waals surface area contributed by atoms with Crippen molar-refractivity contribution in [1.82, 2.24) is 5.32 Å². The molecule has 6 nitrogen and oxygen atoms in total. The first-order valence-corrected chi connectivity index (χ1v) is 8.99. The fourth-order valence-electron chi connectivity index (χ4n) is 2.39. The van der Waals surface area contributed by atoms with Crippen molar-refractivity contribution in [2.24, 2.45) is 0 Å². The second-order valence-corrected chi connectivity index (χ2v) is 5.81. The van der Waals surface area contributed by atoms with E-state index in [4.69, 9.17) is 9.47 Å². The topological polar surface area (TPSA) is 81.7 Å². The molecule has 146 valence electrons. The molecule has 0 fully saturated rings. The summed E-state index contributed by atoms with van der Waals surface area (Å²) in [6, 6.07) is 15.9. The Kier molecular flexibility index (Phi) is 8.46. The van der Waals surface area contributed by atoms with Crippen LogP contribution in [0.5, 0.6) is 5.75 Å². The third-order valence-corrected chi connectivity index (χ3v) is 3.73. The number of esters is 1. The van der Waals surface area contributed by atoms with Crippen LogP contribution >= 0.6 is 0 Å². The maximum absolute atomic E-state index is 12.6. The smallest absolute Gasteiger partial charge is 0.330 e. The van der Waals surface area contributed by atoms with Crippen LogP contribution in [0.2, 0.25) is 0 Å². The largest absolute Gasteiger partial charge is 0.492 e. The van der Waals surface area contributed by atoms with Gasteiger partial charge in [0.25, 0.3) is 0 Å². The molecule has 0 unspecified atom stereocenters. The predicted octanol–water partition coefficient (Wildman–Crippen LogP) is 2.92. The molecular weight excluding hydrogens is 358 g/mol. The number of para-hydroxylation sites is 1. The highest BCUT2D eigenvalue weighted by Crippen LogP contribution is 2.21. The van der Waals surface area contributed by atoms with Crippen molar-refractivity contribution in [2.75, 3.05) is 19.8 Å². The molecule has 6 heteroatoms. The van der Waals surface area contributed by atoms with E-state index in [2.05, 4.69) is 5.32 Å². The summed E-state index contributed by atoms with van der Waals surface area (Å²) in [4.78, 5) is 35.6. The second-order valence-electron chi connectivity index (χ2n) is 5.81. The van der Waals surface area contributed by atoms with E-state index in [1.807, 2.05) is 6.07 Å². The van der Waals surface area contributed by atoms with Crippen LogP contribution in [0.3, 0.4) is 0 Å². The number of benzene rings is 2. The molecule has 0 aliphatic carbocycles. The van der Waals surface area contributed by atoms with Crippen LogP contribution in [0, 0.1) is 0 Å². The molecule has 0 bridgehead atoms. The number of ketones is 1. The Morgan fingerprint density at radius 2 is 1.68 bits per heavy atom. The first-order valence-electron chi connectivity index (χ1n) is 8.99. The molecular formula is C22H23NO5. The van der Waals surface area contributed by atoms with Crippen LogP contribution in [-0.2, 0) is 14.3 Å². The lowest BCUT2D eigenvalue weighted by Gasteiger charge is -2.11. The molecule has 1 N–H and O–H groups in total. The lowest BCUT2D eigenvalue weighted by molar-refractivity contribution is -0.138. The molecule has 0 spiro atoms. The van der Waals surface area contributed by atoms with E-state index in [0.29, 0.717) is 16.9 Å². The number of hydrogen-bond donors (Lipinski definition) is 1. The highest BCUT2D eigenvalue weighted by molar-refractivity contribution is 6.10. The number of rotatable bonds is 10. The number of carbonyl (C=O) groups excluding carboxylic acids is 3. The van der Waals surface area contributed by atoms with E-state index in [-0.39, 0.29) is 37.9 Å². The molecule has 0 aliphatic heterocycles. The molecule has 28 heavy (non-hydrogen) atoms. The van der Waals surface area contributed by atoms with Gasteiger partial charge in [0.15, 0.2) is 5.78 Å². The SMILES string of the molecule is CC=CC(=O)OCCNC(=O)CCOc1ccccc1C(=O)c1ccccc1. The van der Waals surface area contributed by atoms with Gasteiger partial charge in [0, 0.05) is 11.6 Å². The molecule has 2 rings (SSSR count). The van der Waals surface area contributed by atoms with Gasteiger partial charge in [-0.15, -0.1) is 0 Å². The molecule has 0 heterocycles.